The van der Waals surface area contributed by atoms with E-state index in [0.29, 0.717) is 4.68 Å². The molecule has 0 saturated heterocycles. The van der Waals surface area contributed by atoms with Crippen LogP contribution in [0.4, 0.5) is 4.39 Å². The fourth-order valence-corrected chi connectivity index (χ4v) is 3.47. The van der Waals surface area contributed by atoms with Crippen LogP contribution in [0.2, 0.25) is 5.02 Å². The molecule has 2 heterocycles. The molecule has 0 amide bonds. The van der Waals surface area contributed by atoms with Crippen molar-refractivity contribution in [2.45, 2.75) is 39.7 Å². The van der Waals surface area contributed by atoms with E-state index >= 15 is 0 Å². The van der Waals surface area contributed by atoms with Gasteiger partial charge in [-0.3, -0.25) is 18.7 Å². The summed E-state index contributed by atoms with van der Waals surface area (Å²) in [5.41, 5.74) is -3.57. The highest BCUT2D eigenvalue weighted by Gasteiger charge is 2.25. The minimum atomic E-state index is -4.96. The molecule has 3 rings (SSSR count). The zero-order valence-corrected chi connectivity index (χ0v) is 20.8. The molecule has 3 aromatic rings. The Balaban J connectivity index is 2.05. The van der Waals surface area contributed by atoms with Gasteiger partial charge in [-0.25, -0.2) is 18.6 Å². The summed E-state index contributed by atoms with van der Waals surface area (Å²) in [4.78, 5) is 48.0. The van der Waals surface area contributed by atoms with Gasteiger partial charge in [-0.15, -0.1) is 0 Å². The average Bonchev–Trinajstić information content (AvgIpc) is 2.77. The molecule has 0 atom stereocenters. The molecular formula is C21H20ClFN5O7P. The Kier molecular flexibility index (Phi) is 7.78. The number of hydrogen-bond donors (Lipinski definition) is 2. The van der Waals surface area contributed by atoms with Crippen LogP contribution in [-0.2, 0) is 28.0 Å². The molecular weight excluding hydrogens is 520 g/mol. The van der Waals surface area contributed by atoms with Crippen LogP contribution in [0.1, 0.15) is 36.4 Å². The third kappa shape index (κ3) is 6.63. The van der Waals surface area contributed by atoms with Crippen LogP contribution >= 0.6 is 19.4 Å². The zero-order chi connectivity index (χ0) is 26.8. The minimum absolute atomic E-state index is 0.112. The van der Waals surface area contributed by atoms with Crippen molar-refractivity contribution in [2.75, 3.05) is 0 Å². The quantitative estimate of drug-likeness (QED) is 0.406. The third-order valence-electron chi connectivity index (χ3n) is 4.74. The maximum absolute atomic E-state index is 14.7. The lowest BCUT2D eigenvalue weighted by Gasteiger charge is -2.18. The van der Waals surface area contributed by atoms with Crippen molar-refractivity contribution in [3.8, 4) is 17.6 Å². The van der Waals surface area contributed by atoms with Crippen molar-refractivity contribution >= 4 is 19.4 Å². The molecule has 2 aromatic heterocycles. The summed E-state index contributed by atoms with van der Waals surface area (Å²) in [6.07, 6.45) is 1.15. The van der Waals surface area contributed by atoms with E-state index in [4.69, 9.17) is 31.4 Å². The van der Waals surface area contributed by atoms with Crippen molar-refractivity contribution in [2.24, 2.45) is 0 Å². The van der Waals surface area contributed by atoms with Crippen LogP contribution in [-0.4, -0.2) is 29.1 Å². The Morgan fingerprint density at radius 2 is 1.92 bits per heavy atom. The number of nitrogens with zero attached hydrogens (tertiary/aromatic N) is 5. The molecule has 0 aliphatic carbocycles. The third-order valence-corrected chi connectivity index (χ3v) is 5.41. The van der Waals surface area contributed by atoms with Gasteiger partial charge in [0.05, 0.1) is 35.9 Å². The van der Waals surface area contributed by atoms with E-state index in [9.17, 15) is 18.5 Å². The lowest BCUT2D eigenvalue weighted by molar-refractivity contribution is 0.136. The predicted molar refractivity (Wildman–Crippen MR) is 124 cm³/mol. The first kappa shape index (κ1) is 27.2. The number of rotatable bonds is 8. The van der Waals surface area contributed by atoms with Gasteiger partial charge >= 0.3 is 7.82 Å². The molecule has 190 valence electrons. The van der Waals surface area contributed by atoms with E-state index in [2.05, 4.69) is 14.6 Å². The summed E-state index contributed by atoms with van der Waals surface area (Å²) >= 11 is 5.99. The van der Waals surface area contributed by atoms with Gasteiger partial charge in [0.25, 0.3) is 11.1 Å². The molecule has 36 heavy (non-hydrogen) atoms. The van der Waals surface area contributed by atoms with Gasteiger partial charge in [0.2, 0.25) is 5.75 Å². The van der Waals surface area contributed by atoms with E-state index in [1.54, 1.807) is 0 Å². The van der Waals surface area contributed by atoms with Gasteiger partial charge in [0, 0.05) is 10.6 Å². The van der Waals surface area contributed by atoms with Crippen molar-refractivity contribution in [1.29, 1.82) is 5.26 Å². The molecule has 0 fully saturated rings. The lowest BCUT2D eigenvalue weighted by atomic mass is 10.1. The summed E-state index contributed by atoms with van der Waals surface area (Å²) in [5, 5.41) is 13.1. The molecule has 0 bridgehead atoms. The van der Waals surface area contributed by atoms with Gasteiger partial charge in [0.1, 0.15) is 11.4 Å². The number of hydrogen-bond acceptors (Lipinski definition) is 8. The summed E-state index contributed by atoms with van der Waals surface area (Å²) < 4.78 is 37.3. The highest BCUT2D eigenvalue weighted by atomic mass is 35.5. The largest absolute Gasteiger partial charge is 0.471 e. The zero-order valence-electron chi connectivity index (χ0n) is 19.2. The second-order valence-corrected chi connectivity index (χ2v) is 9.74. The Morgan fingerprint density at radius 3 is 2.53 bits per heavy atom. The first-order valence-corrected chi connectivity index (χ1v) is 12.0. The monoisotopic (exact) mass is 539 g/mol. The standard InChI is InChI=1S/C21H20ClFN5O7P/c1-12-18(35-16-5-13(8-24)4-15(22)7-16)20(30)27(10-25-12)9-14-6-17(21(2,3)23)26-28(19(14)29)11-34-36(31,32)33/h4-7,10H,9,11H2,1-3H3,(H2,31,32,33). The number of phosphoric acid groups is 1. The van der Waals surface area contributed by atoms with Crippen LogP contribution < -0.4 is 15.9 Å². The van der Waals surface area contributed by atoms with Crippen LogP contribution in [0.25, 0.3) is 0 Å². The van der Waals surface area contributed by atoms with E-state index in [1.807, 2.05) is 6.07 Å². The molecule has 0 aliphatic rings. The Bertz CT molecular complexity index is 1520. The summed E-state index contributed by atoms with van der Waals surface area (Å²) in [7, 11) is -4.96. The van der Waals surface area contributed by atoms with E-state index in [0.717, 1.165) is 17.0 Å². The number of halogens is 2. The van der Waals surface area contributed by atoms with Crippen LogP contribution in [0, 0.1) is 18.3 Å². The van der Waals surface area contributed by atoms with Gasteiger partial charge in [0.15, 0.2) is 6.73 Å². The molecule has 12 nitrogen and oxygen atoms in total. The molecule has 0 spiro atoms. The molecule has 0 unspecified atom stereocenters. The first-order chi connectivity index (χ1) is 16.7. The van der Waals surface area contributed by atoms with E-state index < -0.39 is 37.9 Å². The number of benzene rings is 1. The van der Waals surface area contributed by atoms with Crippen molar-refractivity contribution in [3.05, 3.63) is 78.8 Å². The molecule has 1 aromatic carbocycles. The highest BCUT2D eigenvalue weighted by molar-refractivity contribution is 7.46. The van der Waals surface area contributed by atoms with Crippen molar-refractivity contribution in [3.63, 3.8) is 0 Å². The highest BCUT2D eigenvalue weighted by Crippen LogP contribution is 2.36. The summed E-state index contributed by atoms with van der Waals surface area (Å²) in [6, 6.07) is 7.25. The normalized spacial score (nSPS) is 11.8. The molecule has 0 saturated carbocycles. The molecule has 2 N–H and O–H groups in total. The number of aromatic nitrogens is 4. The second kappa shape index (κ2) is 10.3. The number of phosphoric ester groups is 1. The van der Waals surface area contributed by atoms with Crippen LogP contribution in [0.3, 0.4) is 0 Å². The van der Waals surface area contributed by atoms with Gasteiger partial charge in [-0.05, 0) is 45.0 Å². The smallest absolute Gasteiger partial charge is 0.450 e. The van der Waals surface area contributed by atoms with Crippen molar-refractivity contribution in [1.82, 2.24) is 19.3 Å². The lowest BCUT2D eigenvalue weighted by Crippen LogP contribution is -2.33. The van der Waals surface area contributed by atoms with Gasteiger partial charge in [-0.2, -0.15) is 10.4 Å². The molecule has 0 aliphatic heterocycles. The summed E-state index contributed by atoms with van der Waals surface area (Å²) in [6.45, 7) is 2.50. The fraction of sp³-hybridized carbons (Fsp3) is 0.286. The Hall–Kier alpha value is -3.40. The first-order valence-electron chi connectivity index (χ1n) is 10.1. The molecule has 0 radical (unpaired) electrons. The van der Waals surface area contributed by atoms with Gasteiger partial charge < -0.3 is 14.5 Å². The minimum Gasteiger partial charge on any atom is -0.450 e. The predicted octanol–water partition coefficient (Wildman–Crippen LogP) is 2.75. The summed E-state index contributed by atoms with van der Waals surface area (Å²) in [5.74, 6) is -0.0879. The maximum atomic E-state index is 14.7. The number of alkyl halides is 1. The van der Waals surface area contributed by atoms with Crippen LogP contribution in [0.5, 0.6) is 11.5 Å². The maximum Gasteiger partial charge on any atom is 0.471 e. The average molecular weight is 540 g/mol. The Labute approximate surface area is 208 Å². The topological polar surface area (TPSA) is 170 Å². The number of ether oxygens (including phenoxy) is 1. The van der Waals surface area contributed by atoms with E-state index in [1.165, 1.54) is 39.0 Å². The number of aryl methyl sites for hydroxylation is 1. The number of nitriles is 1. The van der Waals surface area contributed by atoms with Gasteiger partial charge in [-0.1, -0.05) is 11.6 Å². The fourth-order valence-electron chi connectivity index (χ4n) is 2.99. The molecule has 15 heteroatoms. The van der Waals surface area contributed by atoms with Crippen LogP contribution in [0.15, 0.2) is 40.2 Å². The SMILES string of the molecule is Cc1ncn(Cc2cc(C(C)(C)F)nn(COP(=O)(O)O)c2=O)c(=O)c1Oc1cc(Cl)cc(C#N)c1. The van der Waals surface area contributed by atoms with Crippen molar-refractivity contribution < 1.29 is 28.0 Å². The second-order valence-electron chi connectivity index (χ2n) is 8.06. The Morgan fingerprint density at radius 1 is 1.22 bits per heavy atom. The van der Waals surface area contributed by atoms with E-state index in [-0.39, 0.29) is 39.0 Å².